The fourth-order valence-electron chi connectivity index (χ4n) is 4.73. The number of carbonyl (C=O) groups excluding carboxylic acids is 2. The number of nitrogens with zero attached hydrogens (tertiary/aromatic N) is 1. The van der Waals surface area contributed by atoms with Crippen LogP contribution in [0, 0.1) is 18.3 Å². The molecular formula is C31H41N3O6S. The molecule has 1 fully saturated rings. The molecule has 1 aliphatic carbocycles. The third-order valence-electron chi connectivity index (χ3n) is 7.31. The van der Waals surface area contributed by atoms with Gasteiger partial charge in [0.2, 0.25) is 15.7 Å². The Morgan fingerprint density at radius 2 is 1.85 bits per heavy atom. The van der Waals surface area contributed by atoms with E-state index in [9.17, 15) is 18.0 Å². The minimum Gasteiger partial charge on any atom is -0.465 e. The lowest BCUT2D eigenvalue weighted by molar-refractivity contribution is -0.155. The van der Waals surface area contributed by atoms with Crippen LogP contribution in [-0.2, 0) is 25.3 Å². The van der Waals surface area contributed by atoms with E-state index >= 15 is 0 Å². The Hall–Kier alpha value is -3.24. The number of nitrogens with one attached hydrogen (secondary N) is 2. The average Bonchev–Trinajstić information content (AvgIpc) is 3.69. The van der Waals surface area contributed by atoms with Gasteiger partial charge in [-0.3, -0.25) is 9.59 Å². The van der Waals surface area contributed by atoms with Gasteiger partial charge in [0.05, 0.1) is 28.7 Å². The van der Waals surface area contributed by atoms with Crippen molar-refractivity contribution in [2.75, 3.05) is 20.2 Å². The minimum atomic E-state index is -3.72. The quantitative estimate of drug-likeness (QED) is 0.202. The highest BCUT2D eigenvalue weighted by molar-refractivity contribution is 7.88. The fourth-order valence-corrected chi connectivity index (χ4v) is 5.87. The molecule has 0 spiro atoms. The van der Waals surface area contributed by atoms with Crippen LogP contribution >= 0.6 is 0 Å². The number of esters is 1. The number of carbonyl (C=O) groups is 2. The van der Waals surface area contributed by atoms with E-state index in [1.54, 1.807) is 7.05 Å². The number of benzene rings is 1. The number of amides is 1. The largest absolute Gasteiger partial charge is 0.465 e. The van der Waals surface area contributed by atoms with E-state index in [-0.39, 0.29) is 41.7 Å². The lowest BCUT2D eigenvalue weighted by Crippen LogP contribution is -2.31. The summed E-state index contributed by atoms with van der Waals surface area (Å²) < 4.78 is 40.4. The number of rotatable bonds is 13. The Labute approximate surface area is 242 Å². The normalized spacial score (nSPS) is 14.0. The van der Waals surface area contributed by atoms with Crippen LogP contribution in [-0.4, -0.2) is 45.5 Å². The van der Waals surface area contributed by atoms with Crippen molar-refractivity contribution < 1.29 is 27.2 Å². The summed E-state index contributed by atoms with van der Waals surface area (Å²) in [4.78, 5) is 30.0. The number of hydrogen-bond acceptors (Lipinski definition) is 7. The van der Waals surface area contributed by atoms with E-state index in [1.165, 1.54) is 0 Å². The molecule has 0 bridgehead atoms. The van der Waals surface area contributed by atoms with E-state index < -0.39 is 15.4 Å². The molecule has 10 heteroatoms. The molecule has 1 saturated carbocycles. The molecule has 1 aliphatic rings. The molecule has 2 N–H and O–H groups in total. The molecule has 2 aromatic heterocycles. The number of aryl methyl sites for hydroxylation is 1. The first-order valence-corrected chi connectivity index (χ1v) is 15.9. The van der Waals surface area contributed by atoms with Gasteiger partial charge in [-0.15, -0.1) is 0 Å². The van der Waals surface area contributed by atoms with Crippen LogP contribution in [0.5, 0.6) is 0 Å². The predicted molar refractivity (Wildman–Crippen MR) is 159 cm³/mol. The van der Waals surface area contributed by atoms with Gasteiger partial charge in [-0.25, -0.2) is 18.1 Å². The summed E-state index contributed by atoms with van der Waals surface area (Å²) in [5.74, 6) is -0.0159. The van der Waals surface area contributed by atoms with Crippen molar-refractivity contribution in [3.63, 3.8) is 0 Å². The smallest absolute Gasteiger partial charge is 0.311 e. The first-order chi connectivity index (χ1) is 19.3. The SMILES string of the molecule is CNC(=O)c1c(-c2ccc(C)cc2)oc2nc(CS(=O)(=O)NCCCC(C)(C)C(=O)OCC(C)C)c(C3CC3)cc12. The molecule has 41 heavy (non-hydrogen) atoms. The molecule has 0 saturated heterocycles. The van der Waals surface area contributed by atoms with Gasteiger partial charge in [0.25, 0.3) is 5.91 Å². The third-order valence-corrected chi connectivity index (χ3v) is 8.61. The lowest BCUT2D eigenvalue weighted by atomic mass is 9.88. The van der Waals surface area contributed by atoms with Crippen molar-refractivity contribution in [2.24, 2.45) is 11.3 Å². The maximum absolute atomic E-state index is 13.1. The van der Waals surface area contributed by atoms with Gasteiger partial charge in [-0.2, -0.15) is 0 Å². The second-order valence-electron chi connectivity index (χ2n) is 12.0. The number of pyridine rings is 1. The third kappa shape index (κ3) is 7.54. The highest BCUT2D eigenvalue weighted by Gasteiger charge is 2.32. The summed E-state index contributed by atoms with van der Waals surface area (Å²) in [5.41, 5.74) is 3.00. The summed E-state index contributed by atoms with van der Waals surface area (Å²) in [7, 11) is -2.15. The zero-order valence-electron chi connectivity index (χ0n) is 24.8. The Kier molecular flexibility index (Phi) is 9.23. The second-order valence-corrected chi connectivity index (χ2v) is 13.8. The number of sulfonamides is 1. The summed E-state index contributed by atoms with van der Waals surface area (Å²) in [5, 5.41) is 3.27. The molecule has 0 aliphatic heterocycles. The van der Waals surface area contributed by atoms with E-state index in [1.807, 2.05) is 65.0 Å². The molecule has 3 aromatic rings. The second kappa shape index (κ2) is 12.3. The van der Waals surface area contributed by atoms with Crippen molar-refractivity contribution in [2.45, 2.75) is 72.0 Å². The minimum absolute atomic E-state index is 0.198. The van der Waals surface area contributed by atoms with E-state index in [4.69, 9.17) is 9.15 Å². The molecular weight excluding hydrogens is 542 g/mol. The van der Waals surface area contributed by atoms with Crippen LogP contribution in [0.1, 0.15) is 86.5 Å². The van der Waals surface area contributed by atoms with Gasteiger partial charge < -0.3 is 14.5 Å². The molecule has 4 rings (SSSR count). The topological polar surface area (TPSA) is 128 Å². The summed E-state index contributed by atoms with van der Waals surface area (Å²) in [6.45, 7) is 10.1. The number of ether oxygens (including phenoxy) is 1. The van der Waals surface area contributed by atoms with Gasteiger partial charge in [-0.1, -0.05) is 43.7 Å². The van der Waals surface area contributed by atoms with Crippen molar-refractivity contribution in [3.05, 3.63) is 52.7 Å². The molecule has 0 atom stereocenters. The van der Waals surface area contributed by atoms with Gasteiger partial charge in [0.1, 0.15) is 11.5 Å². The predicted octanol–water partition coefficient (Wildman–Crippen LogP) is 5.47. The van der Waals surface area contributed by atoms with Crippen molar-refractivity contribution in [3.8, 4) is 11.3 Å². The van der Waals surface area contributed by atoms with Crippen LogP contribution in [0.2, 0.25) is 0 Å². The highest BCUT2D eigenvalue weighted by Crippen LogP contribution is 2.44. The van der Waals surface area contributed by atoms with E-state index in [2.05, 4.69) is 15.0 Å². The summed E-state index contributed by atoms with van der Waals surface area (Å²) in [6.07, 6.45) is 2.85. The molecule has 2 heterocycles. The van der Waals surface area contributed by atoms with Gasteiger partial charge in [0, 0.05) is 19.2 Å². The Morgan fingerprint density at radius 1 is 1.17 bits per heavy atom. The highest BCUT2D eigenvalue weighted by atomic mass is 32.2. The maximum atomic E-state index is 13.1. The van der Waals surface area contributed by atoms with Crippen LogP contribution in [0.15, 0.2) is 34.7 Å². The first kappa shape index (κ1) is 30.7. The van der Waals surface area contributed by atoms with Crippen LogP contribution < -0.4 is 10.0 Å². The zero-order chi connectivity index (χ0) is 29.9. The number of furan rings is 1. The fraction of sp³-hybridized carbons (Fsp3) is 0.516. The van der Waals surface area contributed by atoms with Crippen LogP contribution in [0.4, 0.5) is 0 Å². The van der Waals surface area contributed by atoms with Crippen molar-refractivity contribution in [1.29, 1.82) is 0 Å². The Bertz CT molecular complexity index is 1520. The average molecular weight is 584 g/mol. The van der Waals surface area contributed by atoms with Gasteiger partial charge in [-0.05, 0) is 69.9 Å². The first-order valence-electron chi connectivity index (χ1n) is 14.2. The summed E-state index contributed by atoms with van der Waals surface area (Å²) >= 11 is 0. The monoisotopic (exact) mass is 583 g/mol. The van der Waals surface area contributed by atoms with Crippen molar-refractivity contribution >= 4 is 33.0 Å². The molecule has 9 nitrogen and oxygen atoms in total. The number of fused-ring (bicyclic) bond motifs is 1. The molecule has 1 aromatic carbocycles. The van der Waals surface area contributed by atoms with E-state index in [0.29, 0.717) is 41.9 Å². The van der Waals surface area contributed by atoms with Gasteiger partial charge in [0.15, 0.2) is 0 Å². The maximum Gasteiger partial charge on any atom is 0.311 e. The van der Waals surface area contributed by atoms with Gasteiger partial charge >= 0.3 is 5.97 Å². The van der Waals surface area contributed by atoms with E-state index in [0.717, 1.165) is 29.5 Å². The molecule has 0 radical (unpaired) electrons. The lowest BCUT2D eigenvalue weighted by Gasteiger charge is -2.23. The molecule has 222 valence electrons. The molecule has 1 amide bonds. The van der Waals surface area contributed by atoms with Crippen LogP contribution in [0.3, 0.4) is 0 Å². The van der Waals surface area contributed by atoms with Crippen molar-refractivity contribution in [1.82, 2.24) is 15.0 Å². The number of hydrogen-bond donors (Lipinski definition) is 2. The Balaban J connectivity index is 1.54. The Morgan fingerprint density at radius 3 is 2.46 bits per heavy atom. The standard InChI is InChI=1S/C31H41N3O6S/c1-19(2)17-39-30(36)31(4,5)14-7-15-33-41(37,38)18-25-23(21-12-13-21)16-24-26(28(35)32-6)27(40-29(24)34-25)22-10-8-20(3)9-11-22/h8-11,16,19,21,33H,7,12-15,17-18H2,1-6H3,(H,32,35). The number of aromatic nitrogens is 1. The van der Waals surface area contributed by atoms with Crippen LogP contribution in [0.25, 0.3) is 22.4 Å². The summed E-state index contributed by atoms with van der Waals surface area (Å²) in [6, 6.07) is 9.54. The zero-order valence-corrected chi connectivity index (χ0v) is 25.6. The molecule has 0 unspecified atom stereocenters.